The summed E-state index contributed by atoms with van der Waals surface area (Å²) in [6, 6.07) is 13.0. The molecule has 0 fully saturated rings. The molecular formula is C18H18ClN3O4S. The molecule has 0 aliphatic heterocycles. The summed E-state index contributed by atoms with van der Waals surface area (Å²) in [5.74, 6) is -0.493. The SMILES string of the molecule is COCCOc1ccccc1C(=O)NC(=S)NNC(=O)c1ccc(Cl)cc1. The van der Waals surface area contributed by atoms with Gasteiger partial charge in [-0.1, -0.05) is 23.7 Å². The smallest absolute Gasteiger partial charge is 0.269 e. The number of ether oxygens (including phenoxy) is 2. The number of hydrogen-bond acceptors (Lipinski definition) is 5. The average molecular weight is 408 g/mol. The Balaban J connectivity index is 1.89. The van der Waals surface area contributed by atoms with Crippen molar-refractivity contribution in [2.24, 2.45) is 0 Å². The summed E-state index contributed by atoms with van der Waals surface area (Å²) in [7, 11) is 1.56. The van der Waals surface area contributed by atoms with E-state index in [9.17, 15) is 9.59 Å². The second kappa shape index (κ2) is 10.5. The molecule has 142 valence electrons. The third-order valence-corrected chi connectivity index (χ3v) is 3.76. The Labute approximate surface area is 167 Å². The third-order valence-electron chi connectivity index (χ3n) is 3.30. The maximum Gasteiger partial charge on any atom is 0.269 e. The van der Waals surface area contributed by atoms with Crippen LogP contribution in [0.1, 0.15) is 20.7 Å². The van der Waals surface area contributed by atoms with Gasteiger partial charge in [0.15, 0.2) is 5.11 Å². The molecule has 0 unspecified atom stereocenters. The van der Waals surface area contributed by atoms with E-state index in [1.54, 1.807) is 55.6 Å². The molecule has 0 saturated carbocycles. The van der Waals surface area contributed by atoms with Gasteiger partial charge in [-0.3, -0.25) is 25.8 Å². The van der Waals surface area contributed by atoms with Crippen molar-refractivity contribution in [3.63, 3.8) is 0 Å². The number of methoxy groups -OCH3 is 1. The van der Waals surface area contributed by atoms with Crippen molar-refractivity contribution in [1.29, 1.82) is 0 Å². The van der Waals surface area contributed by atoms with E-state index in [-0.39, 0.29) is 5.11 Å². The van der Waals surface area contributed by atoms with Gasteiger partial charge in [-0.25, -0.2) is 0 Å². The average Bonchev–Trinajstić information content (AvgIpc) is 2.67. The molecule has 0 aliphatic rings. The Kier molecular flexibility index (Phi) is 8.00. The van der Waals surface area contributed by atoms with Gasteiger partial charge in [-0.15, -0.1) is 0 Å². The van der Waals surface area contributed by atoms with Crippen molar-refractivity contribution < 1.29 is 19.1 Å². The zero-order valence-corrected chi connectivity index (χ0v) is 16.0. The molecule has 2 aromatic rings. The Morgan fingerprint density at radius 2 is 1.70 bits per heavy atom. The summed E-state index contributed by atoms with van der Waals surface area (Å²) < 4.78 is 10.4. The normalized spacial score (nSPS) is 10.0. The number of rotatable bonds is 6. The van der Waals surface area contributed by atoms with Crippen molar-refractivity contribution in [2.75, 3.05) is 20.3 Å². The highest BCUT2D eigenvalue weighted by molar-refractivity contribution is 7.80. The van der Waals surface area contributed by atoms with E-state index in [4.69, 9.17) is 33.3 Å². The van der Waals surface area contributed by atoms with Crippen LogP contribution in [0.5, 0.6) is 5.75 Å². The maximum absolute atomic E-state index is 12.4. The molecule has 0 saturated heterocycles. The lowest BCUT2D eigenvalue weighted by Gasteiger charge is -2.13. The van der Waals surface area contributed by atoms with E-state index in [0.29, 0.717) is 35.1 Å². The molecule has 0 aromatic heterocycles. The molecule has 0 bridgehead atoms. The van der Waals surface area contributed by atoms with Gasteiger partial charge in [0.2, 0.25) is 0 Å². The number of halogens is 1. The minimum atomic E-state index is -0.471. The van der Waals surface area contributed by atoms with Crippen LogP contribution in [0.15, 0.2) is 48.5 Å². The molecule has 2 aromatic carbocycles. The summed E-state index contributed by atoms with van der Waals surface area (Å²) in [5, 5.41) is 2.94. The molecular weight excluding hydrogens is 390 g/mol. The molecule has 9 heteroatoms. The highest BCUT2D eigenvalue weighted by Crippen LogP contribution is 2.17. The van der Waals surface area contributed by atoms with E-state index in [1.165, 1.54) is 0 Å². The highest BCUT2D eigenvalue weighted by Gasteiger charge is 2.14. The second-order valence-corrected chi connectivity index (χ2v) is 6.05. The summed E-state index contributed by atoms with van der Waals surface area (Å²) in [5.41, 5.74) is 5.56. The Morgan fingerprint density at radius 3 is 2.41 bits per heavy atom. The number of amides is 2. The minimum absolute atomic E-state index is 0.0611. The standard InChI is InChI=1S/C18H18ClN3O4S/c1-25-10-11-26-15-5-3-2-4-14(15)17(24)20-18(27)22-21-16(23)12-6-8-13(19)9-7-12/h2-9H,10-11H2,1H3,(H,21,23)(H2,20,22,24,27). The Hall–Kier alpha value is -2.68. The molecule has 0 spiro atoms. The van der Waals surface area contributed by atoms with Gasteiger partial charge in [0.25, 0.3) is 11.8 Å². The van der Waals surface area contributed by atoms with Crippen LogP contribution >= 0.6 is 23.8 Å². The number of nitrogens with one attached hydrogen (secondary N) is 3. The lowest BCUT2D eigenvalue weighted by Crippen LogP contribution is -2.48. The zero-order chi connectivity index (χ0) is 19.6. The van der Waals surface area contributed by atoms with Crippen molar-refractivity contribution in [2.45, 2.75) is 0 Å². The van der Waals surface area contributed by atoms with Crippen molar-refractivity contribution in [1.82, 2.24) is 16.2 Å². The van der Waals surface area contributed by atoms with Gasteiger partial charge < -0.3 is 9.47 Å². The van der Waals surface area contributed by atoms with Crippen LogP contribution in [0, 0.1) is 0 Å². The van der Waals surface area contributed by atoms with Crippen LogP contribution in [0.3, 0.4) is 0 Å². The summed E-state index contributed by atoms with van der Waals surface area (Å²) in [4.78, 5) is 24.4. The molecule has 3 N–H and O–H groups in total. The van der Waals surface area contributed by atoms with Crippen LogP contribution in [0.2, 0.25) is 5.02 Å². The van der Waals surface area contributed by atoms with Crippen LogP contribution in [0.4, 0.5) is 0 Å². The van der Waals surface area contributed by atoms with Gasteiger partial charge in [0, 0.05) is 17.7 Å². The van der Waals surface area contributed by atoms with Gasteiger partial charge in [0.1, 0.15) is 12.4 Å². The van der Waals surface area contributed by atoms with Gasteiger partial charge >= 0.3 is 0 Å². The summed E-state index contributed by atoms with van der Waals surface area (Å²) in [6.45, 7) is 0.702. The predicted molar refractivity (Wildman–Crippen MR) is 106 cm³/mol. The van der Waals surface area contributed by atoms with Gasteiger partial charge in [-0.2, -0.15) is 0 Å². The zero-order valence-electron chi connectivity index (χ0n) is 14.5. The van der Waals surface area contributed by atoms with Crippen molar-refractivity contribution >= 4 is 40.7 Å². The fraction of sp³-hybridized carbons (Fsp3) is 0.167. The van der Waals surface area contributed by atoms with E-state index in [2.05, 4.69) is 16.2 Å². The highest BCUT2D eigenvalue weighted by atomic mass is 35.5. The first-order chi connectivity index (χ1) is 13.0. The lowest BCUT2D eigenvalue weighted by molar-refractivity contribution is 0.0933. The van der Waals surface area contributed by atoms with Crippen molar-refractivity contribution in [3.8, 4) is 5.75 Å². The minimum Gasteiger partial charge on any atom is -0.490 e. The quantitative estimate of drug-likeness (QED) is 0.387. The molecule has 2 rings (SSSR count). The maximum atomic E-state index is 12.4. The van der Waals surface area contributed by atoms with Gasteiger partial charge in [-0.05, 0) is 48.6 Å². The molecule has 0 atom stereocenters. The Morgan fingerprint density at radius 1 is 1.00 bits per heavy atom. The summed E-state index contributed by atoms with van der Waals surface area (Å²) in [6.07, 6.45) is 0. The Bertz CT molecular complexity index is 815. The van der Waals surface area contributed by atoms with Crippen molar-refractivity contribution in [3.05, 3.63) is 64.7 Å². The number of hydrazine groups is 1. The number of carbonyl (C=O) groups is 2. The molecule has 0 aliphatic carbocycles. The summed E-state index contributed by atoms with van der Waals surface area (Å²) >= 11 is 10.8. The first kappa shape index (κ1) is 20.6. The molecule has 0 radical (unpaired) electrons. The molecule has 7 nitrogen and oxygen atoms in total. The molecule has 27 heavy (non-hydrogen) atoms. The predicted octanol–water partition coefficient (Wildman–Crippen LogP) is 2.31. The fourth-order valence-corrected chi connectivity index (χ4v) is 2.27. The van der Waals surface area contributed by atoms with Crippen LogP contribution in [-0.2, 0) is 4.74 Å². The second-order valence-electron chi connectivity index (χ2n) is 5.21. The third kappa shape index (κ3) is 6.52. The number of hydrogen-bond donors (Lipinski definition) is 3. The first-order valence-corrected chi connectivity index (χ1v) is 8.68. The monoisotopic (exact) mass is 407 g/mol. The fourth-order valence-electron chi connectivity index (χ4n) is 2.00. The van der Waals surface area contributed by atoms with E-state index in [0.717, 1.165) is 0 Å². The molecule has 2 amide bonds. The van der Waals surface area contributed by atoms with Crippen LogP contribution in [0.25, 0.3) is 0 Å². The number of para-hydroxylation sites is 1. The van der Waals surface area contributed by atoms with E-state index in [1.807, 2.05) is 0 Å². The van der Waals surface area contributed by atoms with Gasteiger partial charge in [0.05, 0.1) is 12.2 Å². The number of benzene rings is 2. The molecule has 0 heterocycles. The topological polar surface area (TPSA) is 88.7 Å². The van der Waals surface area contributed by atoms with E-state index >= 15 is 0 Å². The lowest BCUT2D eigenvalue weighted by atomic mass is 10.2. The van der Waals surface area contributed by atoms with E-state index < -0.39 is 11.8 Å². The number of carbonyl (C=O) groups excluding carboxylic acids is 2. The van der Waals surface area contributed by atoms with Crippen LogP contribution < -0.4 is 20.9 Å². The largest absolute Gasteiger partial charge is 0.490 e. The number of thiocarbonyl (C=S) groups is 1. The first-order valence-electron chi connectivity index (χ1n) is 7.89. The van der Waals surface area contributed by atoms with Crippen LogP contribution in [-0.4, -0.2) is 37.3 Å².